The van der Waals surface area contributed by atoms with E-state index in [1.54, 1.807) is 35.5 Å². The highest BCUT2D eigenvalue weighted by atomic mass is 19.3. The third-order valence-electron chi connectivity index (χ3n) is 6.05. The summed E-state index contributed by atoms with van der Waals surface area (Å²) >= 11 is 0. The highest BCUT2D eigenvalue weighted by Gasteiger charge is 2.33. The Bertz CT molecular complexity index is 1240. The average molecular weight is 466 g/mol. The first-order chi connectivity index (χ1) is 16.4. The number of nitrogens with one attached hydrogen (secondary N) is 1. The van der Waals surface area contributed by atoms with E-state index in [2.05, 4.69) is 15.4 Å². The molecule has 1 amide bonds. The minimum Gasteiger partial charge on any atom is -0.390 e. The van der Waals surface area contributed by atoms with Crippen molar-refractivity contribution in [2.45, 2.75) is 37.9 Å². The Morgan fingerprint density at radius 3 is 2.82 bits per heavy atom. The number of amides is 1. The van der Waals surface area contributed by atoms with E-state index < -0.39 is 19.1 Å². The molecule has 1 aromatic carbocycles. The number of halogens is 2. The van der Waals surface area contributed by atoms with Gasteiger partial charge in [-0.3, -0.25) is 19.4 Å². The molecule has 0 saturated heterocycles. The van der Waals surface area contributed by atoms with Gasteiger partial charge in [0.2, 0.25) is 5.91 Å². The number of carbonyl (C=O) groups excluding carboxylic acids is 1. The van der Waals surface area contributed by atoms with Gasteiger partial charge in [-0.1, -0.05) is 6.07 Å². The molecule has 1 saturated carbocycles. The summed E-state index contributed by atoms with van der Waals surface area (Å²) in [6.07, 6.45) is 12.8. The summed E-state index contributed by atoms with van der Waals surface area (Å²) in [5.41, 5.74) is 5.16. The number of hydrogen-bond acceptors (Lipinski definition) is 5. The molecule has 1 fully saturated rings. The number of aliphatic hydroxyl groups excluding tert-OH is 1. The molecule has 0 unspecified atom stereocenters. The van der Waals surface area contributed by atoms with E-state index in [0.29, 0.717) is 24.8 Å². The maximum absolute atomic E-state index is 13.5. The number of rotatable bonds is 8. The summed E-state index contributed by atoms with van der Waals surface area (Å²) in [5, 5.41) is 16.1. The van der Waals surface area contributed by atoms with Gasteiger partial charge in [-0.15, -0.1) is 0 Å². The second-order valence-corrected chi connectivity index (χ2v) is 8.87. The van der Waals surface area contributed by atoms with E-state index in [9.17, 15) is 13.6 Å². The summed E-state index contributed by atoms with van der Waals surface area (Å²) in [6, 6.07) is 7.80. The highest BCUT2D eigenvalue weighted by Crippen LogP contribution is 2.35. The summed E-state index contributed by atoms with van der Waals surface area (Å²) in [7, 11) is 0. The van der Waals surface area contributed by atoms with E-state index in [1.165, 1.54) is 6.08 Å². The van der Waals surface area contributed by atoms with Crippen LogP contribution in [0.3, 0.4) is 0 Å². The fourth-order valence-electron chi connectivity index (χ4n) is 4.20. The van der Waals surface area contributed by atoms with Crippen molar-refractivity contribution in [3.8, 4) is 11.1 Å². The number of nitrogens with zero attached hydrogens (tertiary/aromatic N) is 4. The van der Waals surface area contributed by atoms with Crippen LogP contribution in [0.2, 0.25) is 0 Å². The molecule has 9 heteroatoms. The number of anilines is 1. The zero-order chi connectivity index (χ0) is 23.7. The predicted molar refractivity (Wildman–Crippen MR) is 124 cm³/mol. The van der Waals surface area contributed by atoms with Gasteiger partial charge >= 0.3 is 0 Å². The molecule has 0 spiro atoms. The summed E-state index contributed by atoms with van der Waals surface area (Å²) < 4.78 is 29.0. The molecule has 3 heterocycles. The van der Waals surface area contributed by atoms with E-state index in [-0.39, 0.29) is 5.91 Å². The standard InChI is InChI=1S/C25H25F2N5O2/c26-25(27,16-33)15-31-12-18-1-3-21(9-19(18)13-31)30-24(34)6-2-17-10-28-8-7-23(17)20-11-29-32(14-20)22-4-5-22/h1-3,6-11,14,22,33H,4-5,12-13,15-16H2,(H,30,34). The number of pyridine rings is 1. The Hall–Kier alpha value is -3.43. The van der Waals surface area contributed by atoms with Gasteiger partial charge in [0.1, 0.15) is 6.61 Å². The minimum absolute atomic E-state index is 0.301. The molecule has 3 aromatic rings. The SMILES string of the molecule is O=C(C=Cc1cnccc1-c1cnn(C2CC2)c1)Nc1ccc2c(c1)CN(CC(F)(F)CO)C2. The molecule has 0 atom stereocenters. The maximum Gasteiger partial charge on any atom is 0.283 e. The molecule has 2 aliphatic rings. The number of aromatic nitrogens is 3. The summed E-state index contributed by atoms with van der Waals surface area (Å²) in [4.78, 5) is 18.3. The molecule has 5 rings (SSSR count). The van der Waals surface area contributed by atoms with Crippen LogP contribution in [0.25, 0.3) is 17.2 Å². The van der Waals surface area contributed by atoms with Crippen molar-refractivity contribution in [3.63, 3.8) is 0 Å². The molecule has 34 heavy (non-hydrogen) atoms. The van der Waals surface area contributed by atoms with Crippen molar-refractivity contribution in [2.24, 2.45) is 0 Å². The molecular weight excluding hydrogens is 440 g/mol. The van der Waals surface area contributed by atoms with Gasteiger partial charge in [0.15, 0.2) is 0 Å². The Labute approximate surface area is 195 Å². The third-order valence-corrected chi connectivity index (χ3v) is 6.05. The second-order valence-electron chi connectivity index (χ2n) is 8.87. The monoisotopic (exact) mass is 465 g/mol. The fourth-order valence-corrected chi connectivity index (χ4v) is 4.20. The molecule has 2 N–H and O–H groups in total. The zero-order valence-corrected chi connectivity index (χ0v) is 18.5. The van der Waals surface area contributed by atoms with Crippen LogP contribution >= 0.6 is 0 Å². The van der Waals surface area contributed by atoms with Crippen LogP contribution in [0.5, 0.6) is 0 Å². The first-order valence-corrected chi connectivity index (χ1v) is 11.2. The van der Waals surface area contributed by atoms with Crippen molar-refractivity contribution in [1.29, 1.82) is 0 Å². The average Bonchev–Trinajstić information content (AvgIpc) is 3.42. The first kappa shape index (κ1) is 22.4. The van der Waals surface area contributed by atoms with Crippen LogP contribution in [0.1, 0.15) is 35.6 Å². The van der Waals surface area contributed by atoms with Gasteiger partial charge in [0, 0.05) is 54.6 Å². The van der Waals surface area contributed by atoms with Crippen LogP contribution in [-0.4, -0.2) is 49.8 Å². The maximum atomic E-state index is 13.5. The number of benzene rings is 1. The van der Waals surface area contributed by atoms with Crippen molar-refractivity contribution in [1.82, 2.24) is 19.7 Å². The van der Waals surface area contributed by atoms with Gasteiger partial charge < -0.3 is 10.4 Å². The molecular formula is C25H25F2N5O2. The zero-order valence-electron chi connectivity index (χ0n) is 18.5. The number of carbonyl (C=O) groups is 1. The number of alkyl halides is 2. The van der Waals surface area contributed by atoms with Gasteiger partial charge in [-0.2, -0.15) is 5.10 Å². The number of aliphatic hydroxyl groups is 1. The lowest BCUT2D eigenvalue weighted by molar-refractivity contribution is -0.111. The second kappa shape index (κ2) is 9.08. The Morgan fingerprint density at radius 1 is 1.21 bits per heavy atom. The van der Waals surface area contributed by atoms with Gasteiger partial charge in [0.25, 0.3) is 5.92 Å². The van der Waals surface area contributed by atoms with Gasteiger partial charge in [-0.05, 0) is 53.8 Å². The van der Waals surface area contributed by atoms with Crippen LogP contribution in [0.4, 0.5) is 14.5 Å². The molecule has 2 aromatic heterocycles. The van der Waals surface area contributed by atoms with E-state index in [4.69, 9.17) is 5.11 Å². The van der Waals surface area contributed by atoms with Crippen LogP contribution in [0, 0.1) is 0 Å². The Kier molecular flexibility index (Phi) is 5.97. The molecule has 176 valence electrons. The van der Waals surface area contributed by atoms with Crippen LogP contribution in [0.15, 0.2) is 55.1 Å². The van der Waals surface area contributed by atoms with Crippen molar-refractivity contribution in [3.05, 3.63) is 71.8 Å². The van der Waals surface area contributed by atoms with Crippen molar-refractivity contribution >= 4 is 17.7 Å². The lowest BCUT2D eigenvalue weighted by Gasteiger charge is -2.21. The molecule has 1 aliphatic carbocycles. The van der Waals surface area contributed by atoms with E-state index in [0.717, 1.165) is 40.7 Å². The van der Waals surface area contributed by atoms with Crippen molar-refractivity contribution in [2.75, 3.05) is 18.5 Å². The lowest BCUT2D eigenvalue weighted by Crippen LogP contribution is -2.36. The topological polar surface area (TPSA) is 83.3 Å². The largest absolute Gasteiger partial charge is 0.390 e. The summed E-state index contributed by atoms with van der Waals surface area (Å²) in [6.45, 7) is -0.942. The lowest BCUT2D eigenvalue weighted by atomic mass is 10.0. The summed E-state index contributed by atoms with van der Waals surface area (Å²) in [5.74, 6) is -3.43. The predicted octanol–water partition coefficient (Wildman–Crippen LogP) is 3.88. The Balaban J connectivity index is 1.24. The Morgan fingerprint density at radius 2 is 2.03 bits per heavy atom. The number of fused-ring (bicyclic) bond motifs is 1. The molecule has 1 aliphatic heterocycles. The van der Waals surface area contributed by atoms with E-state index >= 15 is 0 Å². The van der Waals surface area contributed by atoms with Crippen molar-refractivity contribution < 1.29 is 18.7 Å². The minimum atomic E-state index is -3.13. The molecule has 0 radical (unpaired) electrons. The molecule has 7 nitrogen and oxygen atoms in total. The quantitative estimate of drug-likeness (QED) is 0.494. The fraction of sp³-hybridized carbons (Fsp3) is 0.320. The highest BCUT2D eigenvalue weighted by molar-refractivity contribution is 6.02. The van der Waals surface area contributed by atoms with E-state index in [1.807, 2.05) is 29.2 Å². The smallest absolute Gasteiger partial charge is 0.283 e. The number of hydrogen-bond donors (Lipinski definition) is 2. The van der Waals surface area contributed by atoms with Crippen LogP contribution in [-0.2, 0) is 17.9 Å². The first-order valence-electron chi connectivity index (χ1n) is 11.2. The van der Waals surface area contributed by atoms with Gasteiger partial charge in [0.05, 0.1) is 18.8 Å². The third kappa shape index (κ3) is 5.05. The molecule has 0 bridgehead atoms. The van der Waals surface area contributed by atoms with Gasteiger partial charge in [-0.25, -0.2) is 8.78 Å². The van der Waals surface area contributed by atoms with Crippen LogP contribution < -0.4 is 5.32 Å². The normalized spacial score (nSPS) is 16.2.